The highest BCUT2D eigenvalue weighted by molar-refractivity contribution is 5.77. The first kappa shape index (κ1) is 12.0. The Bertz CT molecular complexity index is 696. The Morgan fingerprint density at radius 1 is 1.05 bits per heavy atom. The molecule has 0 amide bonds. The van der Waals surface area contributed by atoms with Crippen molar-refractivity contribution in [3.05, 3.63) is 65.5 Å². The molecule has 0 fully saturated rings. The first-order valence-electron chi connectivity index (χ1n) is 6.77. The summed E-state index contributed by atoms with van der Waals surface area (Å²) in [5.74, 6) is 1.16. The van der Waals surface area contributed by atoms with Gasteiger partial charge in [0.1, 0.15) is 5.82 Å². The average Bonchev–Trinajstić information content (AvgIpc) is 2.78. The van der Waals surface area contributed by atoms with Crippen LogP contribution in [-0.2, 0) is 13.0 Å². The minimum absolute atomic E-state index is 0.893. The maximum absolute atomic E-state index is 4.73. The predicted octanol–water partition coefficient (Wildman–Crippen LogP) is 3.96. The van der Waals surface area contributed by atoms with E-state index < -0.39 is 0 Å². The van der Waals surface area contributed by atoms with Crippen LogP contribution in [0.3, 0.4) is 0 Å². The molecule has 0 saturated heterocycles. The lowest BCUT2D eigenvalue weighted by Gasteiger charge is -2.08. The van der Waals surface area contributed by atoms with Gasteiger partial charge in [-0.2, -0.15) is 0 Å². The molecule has 1 aromatic heterocycles. The predicted molar refractivity (Wildman–Crippen MR) is 79.4 cm³/mol. The summed E-state index contributed by atoms with van der Waals surface area (Å²) >= 11 is 0. The zero-order valence-corrected chi connectivity index (χ0v) is 11.4. The molecular weight excluding hydrogens is 232 g/mol. The number of imidazole rings is 1. The van der Waals surface area contributed by atoms with E-state index in [0.717, 1.165) is 24.3 Å². The van der Waals surface area contributed by atoms with Gasteiger partial charge in [-0.15, -0.1) is 0 Å². The topological polar surface area (TPSA) is 17.8 Å². The molecule has 0 spiro atoms. The minimum atomic E-state index is 0.893. The van der Waals surface area contributed by atoms with Crippen LogP contribution in [0.2, 0.25) is 0 Å². The van der Waals surface area contributed by atoms with E-state index in [9.17, 15) is 0 Å². The fourth-order valence-corrected chi connectivity index (χ4v) is 2.49. The SMILES string of the molecule is CCc1nc2ccc(C)cc2n1Cc1ccccc1. The summed E-state index contributed by atoms with van der Waals surface area (Å²) in [6.45, 7) is 5.18. The highest BCUT2D eigenvalue weighted by Gasteiger charge is 2.09. The summed E-state index contributed by atoms with van der Waals surface area (Å²) in [5, 5.41) is 0. The van der Waals surface area contributed by atoms with Crippen molar-refractivity contribution in [1.29, 1.82) is 0 Å². The summed E-state index contributed by atoms with van der Waals surface area (Å²) in [6.07, 6.45) is 0.959. The van der Waals surface area contributed by atoms with Crippen molar-refractivity contribution in [2.75, 3.05) is 0 Å². The molecule has 2 aromatic carbocycles. The van der Waals surface area contributed by atoms with Gasteiger partial charge in [-0.1, -0.05) is 43.3 Å². The summed E-state index contributed by atoms with van der Waals surface area (Å²) in [4.78, 5) is 4.73. The molecule has 0 aliphatic rings. The van der Waals surface area contributed by atoms with Crippen LogP contribution in [0, 0.1) is 6.92 Å². The van der Waals surface area contributed by atoms with Gasteiger partial charge in [0.2, 0.25) is 0 Å². The Morgan fingerprint density at radius 3 is 2.58 bits per heavy atom. The van der Waals surface area contributed by atoms with Gasteiger partial charge in [0.15, 0.2) is 0 Å². The van der Waals surface area contributed by atoms with Crippen LogP contribution in [0.5, 0.6) is 0 Å². The van der Waals surface area contributed by atoms with E-state index >= 15 is 0 Å². The Hall–Kier alpha value is -2.09. The lowest BCUT2D eigenvalue weighted by atomic mass is 10.2. The van der Waals surface area contributed by atoms with E-state index in [2.05, 4.69) is 66.9 Å². The van der Waals surface area contributed by atoms with Crippen molar-refractivity contribution in [3.63, 3.8) is 0 Å². The third-order valence-electron chi connectivity index (χ3n) is 3.48. The highest BCUT2D eigenvalue weighted by atomic mass is 15.1. The molecule has 3 aromatic rings. The Kier molecular flexibility index (Phi) is 3.08. The zero-order chi connectivity index (χ0) is 13.2. The van der Waals surface area contributed by atoms with E-state index in [0.29, 0.717) is 0 Å². The molecule has 0 atom stereocenters. The fourth-order valence-electron chi connectivity index (χ4n) is 2.49. The summed E-state index contributed by atoms with van der Waals surface area (Å²) in [5.41, 5.74) is 4.93. The van der Waals surface area contributed by atoms with Gasteiger partial charge < -0.3 is 4.57 Å². The second kappa shape index (κ2) is 4.88. The van der Waals surface area contributed by atoms with Crippen LogP contribution in [0.25, 0.3) is 11.0 Å². The number of nitrogens with zero attached hydrogens (tertiary/aromatic N) is 2. The minimum Gasteiger partial charge on any atom is -0.323 e. The molecule has 0 radical (unpaired) electrons. The van der Waals surface area contributed by atoms with Gasteiger partial charge in [-0.05, 0) is 30.2 Å². The van der Waals surface area contributed by atoms with E-state index in [1.54, 1.807) is 0 Å². The van der Waals surface area contributed by atoms with Crippen LogP contribution in [0.15, 0.2) is 48.5 Å². The van der Waals surface area contributed by atoms with Crippen LogP contribution >= 0.6 is 0 Å². The first-order chi connectivity index (χ1) is 9.28. The molecule has 2 nitrogen and oxygen atoms in total. The number of benzene rings is 2. The highest BCUT2D eigenvalue weighted by Crippen LogP contribution is 2.19. The fraction of sp³-hybridized carbons (Fsp3) is 0.235. The standard InChI is InChI=1S/C17H18N2/c1-3-17-18-15-10-9-13(2)11-16(15)19(17)12-14-7-5-4-6-8-14/h4-11H,3,12H2,1-2H3. The van der Waals surface area contributed by atoms with Gasteiger partial charge >= 0.3 is 0 Å². The molecule has 0 N–H and O–H groups in total. The molecule has 2 heteroatoms. The molecule has 1 heterocycles. The zero-order valence-electron chi connectivity index (χ0n) is 11.4. The Morgan fingerprint density at radius 2 is 1.84 bits per heavy atom. The number of hydrogen-bond donors (Lipinski definition) is 0. The van der Waals surface area contributed by atoms with Gasteiger partial charge in [0, 0.05) is 13.0 Å². The number of aromatic nitrogens is 2. The van der Waals surface area contributed by atoms with Crippen molar-refractivity contribution in [2.45, 2.75) is 26.8 Å². The molecule has 19 heavy (non-hydrogen) atoms. The van der Waals surface area contributed by atoms with Gasteiger partial charge in [-0.25, -0.2) is 4.98 Å². The largest absolute Gasteiger partial charge is 0.323 e. The van der Waals surface area contributed by atoms with E-state index in [-0.39, 0.29) is 0 Å². The van der Waals surface area contributed by atoms with Gasteiger partial charge in [0.05, 0.1) is 11.0 Å². The summed E-state index contributed by atoms with van der Waals surface area (Å²) in [7, 11) is 0. The molecule has 0 bridgehead atoms. The molecule has 0 aliphatic heterocycles. The van der Waals surface area contributed by atoms with Gasteiger partial charge in [-0.3, -0.25) is 0 Å². The summed E-state index contributed by atoms with van der Waals surface area (Å²) < 4.78 is 2.33. The normalized spacial score (nSPS) is 11.1. The van der Waals surface area contributed by atoms with Crippen LogP contribution in [0.1, 0.15) is 23.9 Å². The number of fused-ring (bicyclic) bond motifs is 1. The maximum Gasteiger partial charge on any atom is 0.109 e. The quantitative estimate of drug-likeness (QED) is 0.688. The van der Waals surface area contributed by atoms with Crippen molar-refractivity contribution >= 4 is 11.0 Å². The van der Waals surface area contributed by atoms with Crippen molar-refractivity contribution < 1.29 is 0 Å². The smallest absolute Gasteiger partial charge is 0.109 e. The van der Waals surface area contributed by atoms with Gasteiger partial charge in [0.25, 0.3) is 0 Å². The molecule has 96 valence electrons. The lowest BCUT2D eigenvalue weighted by molar-refractivity contribution is 0.753. The Labute approximate surface area is 113 Å². The lowest BCUT2D eigenvalue weighted by Crippen LogP contribution is -2.04. The van der Waals surface area contributed by atoms with Crippen LogP contribution in [-0.4, -0.2) is 9.55 Å². The number of aryl methyl sites for hydroxylation is 2. The number of rotatable bonds is 3. The molecule has 0 unspecified atom stereocenters. The average molecular weight is 250 g/mol. The molecular formula is C17H18N2. The third-order valence-corrected chi connectivity index (χ3v) is 3.48. The maximum atomic E-state index is 4.73. The van der Waals surface area contributed by atoms with Crippen LogP contribution in [0.4, 0.5) is 0 Å². The second-order valence-corrected chi connectivity index (χ2v) is 4.95. The Balaban J connectivity index is 2.12. The van der Waals surface area contributed by atoms with Crippen molar-refractivity contribution in [3.8, 4) is 0 Å². The molecule has 0 saturated carbocycles. The first-order valence-corrected chi connectivity index (χ1v) is 6.77. The van der Waals surface area contributed by atoms with Crippen LogP contribution < -0.4 is 0 Å². The van der Waals surface area contributed by atoms with Crippen molar-refractivity contribution in [1.82, 2.24) is 9.55 Å². The van der Waals surface area contributed by atoms with Crippen molar-refractivity contribution in [2.24, 2.45) is 0 Å². The second-order valence-electron chi connectivity index (χ2n) is 4.95. The number of hydrogen-bond acceptors (Lipinski definition) is 1. The monoisotopic (exact) mass is 250 g/mol. The van der Waals surface area contributed by atoms with E-state index in [1.807, 2.05) is 0 Å². The van der Waals surface area contributed by atoms with E-state index in [1.165, 1.54) is 16.6 Å². The summed E-state index contributed by atoms with van der Waals surface area (Å²) in [6, 6.07) is 17.0. The third kappa shape index (κ3) is 2.26. The molecule has 3 rings (SSSR count). The molecule has 0 aliphatic carbocycles. The van der Waals surface area contributed by atoms with E-state index in [4.69, 9.17) is 4.98 Å².